The summed E-state index contributed by atoms with van der Waals surface area (Å²) in [4.78, 5) is 4.44. The van der Waals surface area contributed by atoms with Gasteiger partial charge in [-0.1, -0.05) is 42.5 Å². The average Bonchev–Trinajstić information content (AvgIpc) is 2.93. The normalized spacial score (nSPS) is 14.2. The first-order valence-corrected chi connectivity index (χ1v) is 7.10. The van der Waals surface area contributed by atoms with Crippen molar-refractivity contribution in [2.75, 3.05) is 13.6 Å². The van der Waals surface area contributed by atoms with Crippen molar-refractivity contribution < 1.29 is 5.11 Å². The number of hydrogen-bond donors (Lipinski definition) is 2. The van der Waals surface area contributed by atoms with Gasteiger partial charge in [-0.15, -0.1) is 0 Å². The Morgan fingerprint density at radius 1 is 1.10 bits per heavy atom. The number of fused-ring (bicyclic) bond motifs is 1. The molecular formula is C17H19N3O. The van der Waals surface area contributed by atoms with E-state index in [-0.39, 0.29) is 6.04 Å². The Morgan fingerprint density at radius 3 is 2.57 bits per heavy atom. The van der Waals surface area contributed by atoms with Crippen molar-refractivity contribution in [1.29, 1.82) is 0 Å². The Morgan fingerprint density at radius 2 is 1.81 bits per heavy atom. The van der Waals surface area contributed by atoms with Gasteiger partial charge in [-0.3, -0.25) is 0 Å². The van der Waals surface area contributed by atoms with Gasteiger partial charge in [0.1, 0.15) is 0 Å². The van der Waals surface area contributed by atoms with Gasteiger partial charge in [-0.2, -0.15) is 0 Å². The quantitative estimate of drug-likeness (QED) is 0.754. The third-order valence-corrected chi connectivity index (χ3v) is 3.70. The highest BCUT2D eigenvalue weighted by atomic mass is 16.3. The zero-order valence-electron chi connectivity index (χ0n) is 12.0. The average molecular weight is 281 g/mol. The summed E-state index contributed by atoms with van der Waals surface area (Å²) in [5.74, 6) is 0. The van der Waals surface area contributed by atoms with Crippen LogP contribution in [0.5, 0.6) is 0 Å². The number of hydrogen-bond acceptors (Lipinski definition) is 3. The van der Waals surface area contributed by atoms with Crippen LogP contribution in [0.2, 0.25) is 0 Å². The molecule has 0 fully saturated rings. The highest BCUT2D eigenvalue weighted by Gasteiger charge is 2.23. The maximum Gasteiger partial charge on any atom is 0.0965 e. The van der Waals surface area contributed by atoms with Crippen molar-refractivity contribution in [2.24, 2.45) is 0 Å². The number of aliphatic hydroxyl groups is 1. The molecule has 1 heterocycles. The van der Waals surface area contributed by atoms with E-state index in [4.69, 9.17) is 0 Å². The number of nitrogens with zero attached hydrogens (tertiary/aromatic N) is 2. The maximum absolute atomic E-state index is 10.6. The van der Waals surface area contributed by atoms with E-state index in [2.05, 4.69) is 10.3 Å². The Bertz CT molecular complexity index is 708. The van der Waals surface area contributed by atoms with Crippen LogP contribution in [-0.4, -0.2) is 34.4 Å². The second-order valence-corrected chi connectivity index (χ2v) is 5.12. The molecule has 0 saturated carbocycles. The molecule has 4 nitrogen and oxygen atoms in total. The number of aromatic nitrogens is 2. The van der Waals surface area contributed by atoms with Gasteiger partial charge >= 0.3 is 0 Å². The van der Waals surface area contributed by atoms with E-state index in [0.717, 1.165) is 16.6 Å². The molecule has 0 aliphatic heterocycles. The van der Waals surface area contributed by atoms with E-state index >= 15 is 0 Å². The van der Waals surface area contributed by atoms with Gasteiger partial charge in [0.05, 0.1) is 29.5 Å². The lowest BCUT2D eigenvalue weighted by Gasteiger charge is -2.25. The lowest BCUT2D eigenvalue weighted by atomic mass is 10.0. The first-order valence-electron chi connectivity index (χ1n) is 7.10. The Labute approximate surface area is 124 Å². The predicted molar refractivity (Wildman–Crippen MR) is 84.2 cm³/mol. The van der Waals surface area contributed by atoms with E-state index in [0.29, 0.717) is 6.54 Å². The summed E-state index contributed by atoms with van der Waals surface area (Å²) < 4.78 is 2.05. The summed E-state index contributed by atoms with van der Waals surface area (Å²) in [5, 5.41) is 13.6. The third-order valence-electron chi connectivity index (χ3n) is 3.70. The first-order chi connectivity index (χ1) is 10.3. The highest BCUT2D eigenvalue weighted by molar-refractivity contribution is 5.75. The van der Waals surface area contributed by atoms with E-state index in [1.807, 2.05) is 66.2 Å². The summed E-state index contributed by atoms with van der Waals surface area (Å²) in [6.07, 6.45) is 1.27. The lowest BCUT2D eigenvalue weighted by Crippen LogP contribution is -2.33. The van der Waals surface area contributed by atoms with Crippen molar-refractivity contribution in [3.05, 3.63) is 66.5 Å². The van der Waals surface area contributed by atoms with Crippen molar-refractivity contribution in [3.63, 3.8) is 0 Å². The monoisotopic (exact) mass is 281 g/mol. The molecule has 2 unspecified atom stereocenters. The summed E-state index contributed by atoms with van der Waals surface area (Å²) in [6, 6.07) is 17.9. The molecule has 0 spiro atoms. The van der Waals surface area contributed by atoms with E-state index in [9.17, 15) is 5.11 Å². The van der Waals surface area contributed by atoms with Gasteiger partial charge in [0.2, 0.25) is 0 Å². The molecular weight excluding hydrogens is 262 g/mol. The fourth-order valence-corrected chi connectivity index (χ4v) is 2.74. The predicted octanol–water partition coefficient (Wildman–Crippen LogP) is 2.21. The molecule has 0 saturated heterocycles. The summed E-state index contributed by atoms with van der Waals surface area (Å²) in [7, 11) is 1.84. The molecule has 3 rings (SSSR count). The number of rotatable bonds is 5. The second kappa shape index (κ2) is 6.08. The molecule has 108 valence electrons. The van der Waals surface area contributed by atoms with Crippen molar-refractivity contribution in [3.8, 4) is 0 Å². The van der Waals surface area contributed by atoms with Crippen LogP contribution in [-0.2, 0) is 0 Å². The minimum absolute atomic E-state index is 0.161. The van der Waals surface area contributed by atoms with Crippen LogP contribution in [0.15, 0.2) is 60.9 Å². The summed E-state index contributed by atoms with van der Waals surface area (Å²) >= 11 is 0. The number of para-hydroxylation sites is 2. The minimum atomic E-state index is -0.532. The van der Waals surface area contributed by atoms with Crippen LogP contribution in [0.4, 0.5) is 0 Å². The van der Waals surface area contributed by atoms with Crippen LogP contribution >= 0.6 is 0 Å². The number of imidazole rings is 1. The number of benzene rings is 2. The molecule has 4 heteroatoms. The van der Waals surface area contributed by atoms with E-state index in [1.165, 1.54) is 0 Å². The Kier molecular flexibility index (Phi) is 3.99. The van der Waals surface area contributed by atoms with Gasteiger partial charge < -0.3 is 15.0 Å². The molecule has 0 aliphatic carbocycles. The number of nitrogens with one attached hydrogen (secondary N) is 1. The molecule has 21 heavy (non-hydrogen) atoms. The molecule has 0 radical (unpaired) electrons. The first kappa shape index (κ1) is 13.8. The Hall–Kier alpha value is -2.17. The molecule has 0 bridgehead atoms. The van der Waals surface area contributed by atoms with Crippen LogP contribution in [0.25, 0.3) is 11.0 Å². The molecule has 0 amide bonds. The second-order valence-electron chi connectivity index (χ2n) is 5.12. The van der Waals surface area contributed by atoms with Crippen molar-refractivity contribution >= 4 is 11.0 Å². The van der Waals surface area contributed by atoms with Gasteiger partial charge in [-0.05, 0) is 24.7 Å². The fraction of sp³-hybridized carbons (Fsp3) is 0.235. The zero-order chi connectivity index (χ0) is 14.7. The highest BCUT2D eigenvalue weighted by Crippen LogP contribution is 2.26. The topological polar surface area (TPSA) is 50.1 Å². The standard InChI is InChI=1S/C17H19N3O/c1-18-11-16(21)17(13-7-3-2-4-8-13)20-12-19-14-9-5-6-10-15(14)20/h2-10,12,16-18,21H,11H2,1H3. The number of likely N-dealkylation sites (N-methyl/N-ethyl adjacent to an activating group) is 1. The van der Waals surface area contributed by atoms with Crippen molar-refractivity contribution in [1.82, 2.24) is 14.9 Å². The SMILES string of the molecule is CNCC(O)C(c1ccccc1)n1cnc2ccccc21. The maximum atomic E-state index is 10.6. The Balaban J connectivity index is 2.11. The van der Waals surface area contributed by atoms with E-state index < -0.39 is 6.10 Å². The molecule has 2 atom stereocenters. The summed E-state index contributed by atoms with van der Waals surface area (Å²) in [6.45, 7) is 0.520. The molecule has 2 N–H and O–H groups in total. The summed E-state index contributed by atoms with van der Waals surface area (Å²) in [5.41, 5.74) is 3.04. The van der Waals surface area contributed by atoms with E-state index in [1.54, 1.807) is 6.33 Å². The molecule has 2 aromatic carbocycles. The molecule has 0 aliphatic rings. The molecule has 3 aromatic rings. The van der Waals surface area contributed by atoms with Crippen molar-refractivity contribution in [2.45, 2.75) is 12.1 Å². The zero-order valence-corrected chi connectivity index (χ0v) is 12.0. The van der Waals surface area contributed by atoms with Gasteiger partial charge in [0.15, 0.2) is 0 Å². The number of aliphatic hydroxyl groups excluding tert-OH is 1. The van der Waals surface area contributed by atoms with Crippen LogP contribution in [0.3, 0.4) is 0 Å². The van der Waals surface area contributed by atoms with Crippen LogP contribution in [0.1, 0.15) is 11.6 Å². The van der Waals surface area contributed by atoms with Crippen LogP contribution < -0.4 is 5.32 Å². The smallest absolute Gasteiger partial charge is 0.0965 e. The van der Waals surface area contributed by atoms with Crippen LogP contribution in [0, 0.1) is 0 Å². The lowest BCUT2D eigenvalue weighted by molar-refractivity contribution is 0.132. The molecule has 1 aromatic heterocycles. The largest absolute Gasteiger partial charge is 0.389 e. The van der Waals surface area contributed by atoms with Gasteiger partial charge in [-0.25, -0.2) is 4.98 Å². The minimum Gasteiger partial charge on any atom is -0.389 e. The fourth-order valence-electron chi connectivity index (χ4n) is 2.74. The van der Waals surface area contributed by atoms with Gasteiger partial charge in [0.25, 0.3) is 0 Å². The third kappa shape index (κ3) is 2.68. The van der Waals surface area contributed by atoms with Gasteiger partial charge in [0, 0.05) is 6.54 Å².